The first-order valence-corrected chi connectivity index (χ1v) is 8.93. The molecule has 2 amide bonds. The van der Waals surface area contributed by atoms with Crippen molar-refractivity contribution >= 4 is 34.8 Å². The van der Waals surface area contributed by atoms with E-state index in [-0.39, 0.29) is 30.3 Å². The average Bonchev–Trinajstić information content (AvgIpc) is 2.99. The van der Waals surface area contributed by atoms with Gasteiger partial charge in [0.1, 0.15) is 5.75 Å². The summed E-state index contributed by atoms with van der Waals surface area (Å²) >= 11 is 5.85. The number of ether oxygens (including phenoxy) is 1. The number of hydrogen-bond acceptors (Lipinski definition) is 3. The lowest BCUT2D eigenvalue weighted by molar-refractivity contribution is -0.122. The van der Waals surface area contributed by atoms with E-state index in [1.807, 2.05) is 38.1 Å². The Hall–Kier alpha value is -2.53. The van der Waals surface area contributed by atoms with Crippen molar-refractivity contribution in [2.45, 2.75) is 26.4 Å². The molecule has 0 spiro atoms. The standard InChI is InChI=1S/C20H21ClN2O3/c1-13(2)26-18-9-7-17(8-10-18)23-12-14(11-19(23)24)20(25)22-16-5-3-15(21)4-6-16/h3-10,13-14H,11-12H2,1-2H3,(H,22,25). The monoisotopic (exact) mass is 372 g/mol. The summed E-state index contributed by atoms with van der Waals surface area (Å²) < 4.78 is 5.62. The number of rotatable bonds is 5. The van der Waals surface area contributed by atoms with Gasteiger partial charge in [0.2, 0.25) is 11.8 Å². The molecular weight excluding hydrogens is 352 g/mol. The van der Waals surface area contributed by atoms with E-state index in [4.69, 9.17) is 16.3 Å². The van der Waals surface area contributed by atoms with Gasteiger partial charge < -0.3 is 15.0 Å². The first kappa shape index (κ1) is 18.3. The van der Waals surface area contributed by atoms with Gasteiger partial charge in [0.15, 0.2) is 0 Å². The maximum Gasteiger partial charge on any atom is 0.229 e. The molecule has 136 valence electrons. The molecule has 0 bridgehead atoms. The normalized spacial score (nSPS) is 16.8. The molecule has 1 atom stereocenters. The van der Waals surface area contributed by atoms with Crippen LogP contribution in [-0.2, 0) is 9.59 Å². The Kier molecular flexibility index (Phi) is 5.47. The summed E-state index contributed by atoms with van der Waals surface area (Å²) in [6.45, 7) is 4.28. The van der Waals surface area contributed by atoms with Gasteiger partial charge in [-0.1, -0.05) is 11.6 Å². The molecule has 1 aliphatic rings. The summed E-state index contributed by atoms with van der Waals surface area (Å²) in [5, 5.41) is 3.44. The molecule has 0 saturated carbocycles. The van der Waals surface area contributed by atoms with Crippen LogP contribution in [0, 0.1) is 5.92 Å². The molecule has 1 fully saturated rings. The van der Waals surface area contributed by atoms with Crippen LogP contribution in [0.25, 0.3) is 0 Å². The predicted octanol–water partition coefficient (Wildman–Crippen LogP) is 4.12. The lowest BCUT2D eigenvalue weighted by Gasteiger charge is -2.18. The quantitative estimate of drug-likeness (QED) is 0.858. The molecule has 2 aromatic rings. The molecule has 0 aromatic heterocycles. The van der Waals surface area contributed by atoms with Crippen molar-refractivity contribution in [2.24, 2.45) is 5.92 Å². The summed E-state index contributed by atoms with van der Waals surface area (Å²) in [5.41, 5.74) is 1.44. The van der Waals surface area contributed by atoms with Crippen LogP contribution in [-0.4, -0.2) is 24.5 Å². The highest BCUT2D eigenvalue weighted by Gasteiger charge is 2.35. The van der Waals surface area contributed by atoms with Gasteiger partial charge in [-0.15, -0.1) is 0 Å². The van der Waals surface area contributed by atoms with Crippen molar-refractivity contribution in [3.63, 3.8) is 0 Å². The predicted molar refractivity (Wildman–Crippen MR) is 103 cm³/mol. The minimum Gasteiger partial charge on any atom is -0.491 e. The molecule has 26 heavy (non-hydrogen) atoms. The van der Waals surface area contributed by atoms with Crippen LogP contribution in [0.15, 0.2) is 48.5 Å². The molecule has 2 aromatic carbocycles. The summed E-state index contributed by atoms with van der Waals surface area (Å²) in [7, 11) is 0. The van der Waals surface area contributed by atoms with Gasteiger partial charge in [0.05, 0.1) is 12.0 Å². The number of hydrogen-bond donors (Lipinski definition) is 1. The molecule has 1 aliphatic heterocycles. The van der Waals surface area contributed by atoms with E-state index in [9.17, 15) is 9.59 Å². The third-order valence-electron chi connectivity index (χ3n) is 4.13. The number of amides is 2. The largest absolute Gasteiger partial charge is 0.491 e. The summed E-state index contributed by atoms with van der Waals surface area (Å²) in [6, 6.07) is 14.3. The van der Waals surface area contributed by atoms with Gasteiger partial charge >= 0.3 is 0 Å². The number of anilines is 2. The zero-order chi connectivity index (χ0) is 18.7. The fourth-order valence-corrected chi connectivity index (χ4v) is 3.01. The first-order chi connectivity index (χ1) is 12.4. The first-order valence-electron chi connectivity index (χ1n) is 8.56. The van der Waals surface area contributed by atoms with Crippen molar-refractivity contribution in [1.82, 2.24) is 0 Å². The Morgan fingerprint density at radius 1 is 1.15 bits per heavy atom. The van der Waals surface area contributed by atoms with Gasteiger partial charge in [0.25, 0.3) is 0 Å². The molecule has 1 heterocycles. The van der Waals surface area contributed by atoms with Gasteiger partial charge in [-0.3, -0.25) is 9.59 Å². The molecular formula is C20H21ClN2O3. The van der Waals surface area contributed by atoms with Gasteiger partial charge in [-0.25, -0.2) is 0 Å². The van der Waals surface area contributed by atoms with E-state index in [0.29, 0.717) is 17.3 Å². The van der Waals surface area contributed by atoms with E-state index in [1.54, 1.807) is 29.2 Å². The van der Waals surface area contributed by atoms with E-state index < -0.39 is 0 Å². The zero-order valence-electron chi connectivity index (χ0n) is 14.7. The summed E-state index contributed by atoms with van der Waals surface area (Å²) in [4.78, 5) is 26.4. The van der Waals surface area contributed by atoms with Crippen molar-refractivity contribution in [2.75, 3.05) is 16.8 Å². The second-order valence-corrected chi connectivity index (χ2v) is 7.00. The SMILES string of the molecule is CC(C)Oc1ccc(N2CC(C(=O)Nc3ccc(Cl)cc3)CC2=O)cc1. The molecule has 1 N–H and O–H groups in total. The lowest BCUT2D eigenvalue weighted by atomic mass is 10.1. The number of nitrogens with zero attached hydrogens (tertiary/aromatic N) is 1. The molecule has 1 saturated heterocycles. The minimum absolute atomic E-state index is 0.0567. The number of nitrogens with one attached hydrogen (secondary N) is 1. The summed E-state index contributed by atoms with van der Waals surface area (Å²) in [6.07, 6.45) is 0.291. The minimum atomic E-state index is -0.384. The Morgan fingerprint density at radius 2 is 1.81 bits per heavy atom. The van der Waals surface area contributed by atoms with Crippen LogP contribution in [0.1, 0.15) is 20.3 Å². The Balaban J connectivity index is 1.64. The molecule has 0 radical (unpaired) electrons. The van der Waals surface area contributed by atoms with Crippen LogP contribution in [0.3, 0.4) is 0 Å². The second kappa shape index (κ2) is 7.79. The van der Waals surface area contributed by atoms with Crippen LogP contribution in [0.2, 0.25) is 5.02 Å². The maximum atomic E-state index is 12.5. The number of carbonyl (C=O) groups is 2. The van der Waals surface area contributed by atoms with E-state index in [1.165, 1.54) is 0 Å². The highest BCUT2D eigenvalue weighted by Crippen LogP contribution is 2.28. The van der Waals surface area contributed by atoms with Gasteiger partial charge in [-0.05, 0) is 62.4 Å². The number of carbonyl (C=O) groups excluding carboxylic acids is 2. The highest BCUT2D eigenvalue weighted by atomic mass is 35.5. The topological polar surface area (TPSA) is 58.6 Å². The molecule has 0 aliphatic carbocycles. The molecule has 3 rings (SSSR count). The number of halogens is 1. The van der Waals surface area contributed by atoms with Gasteiger partial charge in [0, 0.05) is 29.4 Å². The lowest BCUT2D eigenvalue weighted by Crippen LogP contribution is -2.28. The fraction of sp³-hybridized carbons (Fsp3) is 0.300. The van der Waals surface area contributed by atoms with Crippen molar-refractivity contribution in [3.05, 3.63) is 53.6 Å². The van der Waals surface area contributed by atoms with Crippen LogP contribution in [0.4, 0.5) is 11.4 Å². The maximum absolute atomic E-state index is 12.5. The third-order valence-corrected chi connectivity index (χ3v) is 4.38. The smallest absolute Gasteiger partial charge is 0.229 e. The zero-order valence-corrected chi connectivity index (χ0v) is 15.5. The molecule has 1 unspecified atom stereocenters. The van der Waals surface area contributed by atoms with Crippen molar-refractivity contribution < 1.29 is 14.3 Å². The fourth-order valence-electron chi connectivity index (χ4n) is 2.89. The van der Waals surface area contributed by atoms with Crippen LogP contribution >= 0.6 is 11.6 Å². The second-order valence-electron chi connectivity index (χ2n) is 6.56. The van der Waals surface area contributed by atoms with E-state index in [0.717, 1.165) is 11.4 Å². The van der Waals surface area contributed by atoms with E-state index >= 15 is 0 Å². The molecule has 5 nitrogen and oxygen atoms in total. The van der Waals surface area contributed by atoms with Gasteiger partial charge in [-0.2, -0.15) is 0 Å². The van der Waals surface area contributed by atoms with Crippen molar-refractivity contribution in [3.8, 4) is 5.75 Å². The Bertz CT molecular complexity index is 788. The van der Waals surface area contributed by atoms with Crippen LogP contribution in [0.5, 0.6) is 5.75 Å². The number of benzene rings is 2. The molecule has 6 heteroatoms. The summed E-state index contributed by atoms with van der Waals surface area (Å²) in [5.74, 6) is 0.152. The average molecular weight is 373 g/mol. The highest BCUT2D eigenvalue weighted by molar-refractivity contribution is 6.30. The Labute approximate surface area is 157 Å². The van der Waals surface area contributed by atoms with Crippen molar-refractivity contribution in [1.29, 1.82) is 0 Å². The van der Waals surface area contributed by atoms with E-state index in [2.05, 4.69) is 5.32 Å². The van der Waals surface area contributed by atoms with Crippen LogP contribution < -0.4 is 15.0 Å². The third kappa shape index (κ3) is 4.35. The Morgan fingerprint density at radius 3 is 2.42 bits per heavy atom.